The molecule has 0 aromatic heterocycles. The zero-order valence-corrected chi connectivity index (χ0v) is 9.62. The van der Waals surface area contributed by atoms with Crippen LogP contribution < -0.4 is 5.32 Å². The molecule has 0 amide bonds. The van der Waals surface area contributed by atoms with Gasteiger partial charge in [-0.05, 0) is 31.6 Å². The largest absolute Gasteiger partial charge is 0.302 e. The molecular formula is C11H21NS. The highest BCUT2D eigenvalue weighted by atomic mass is 32.2. The normalized spacial score (nSPS) is 45.7. The quantitative estimate of drug-likeness (QED) is 0.697. The van der Waals surface area contributed by atoms with Gasteiger partial charge in [0, 0.05) is 11.8 Å². The van der Waals surface area contributed by atoms with E-state index in [2.05, 4.69) is 30.9 Å². The molecule has 76 valence electrons. The van der Waals surface area contributed by atoms with Crippen molar-refractivity contribution in [3.05, 3.63) is 0 Å². The second-order valence-corrected chi connectivity index (χ2v) is 6.48. The molecule has 2 aliphatic rings. The first-order chi connectivity index (χ1) is 6.24. The van der Waals surface area contributed by atoms with Gasteiger partial charge in [0.25, 0.3) is 0 Å². The Morgan fingerprint density at radius 1 is 1.38 bits per heavy atom. The Hall–Kier alpha value is 0.310. The summed E-state index contributed by atoms with van der Waals surface area (Å²) in [5.41, 5.74) is 0. The first-order valence-electron chi connectivity index (χ1n) is 5.67. The Bertz CT molecular complexity index is 173. The van der Waals surface area contributed by atoms with Crippen LogP contribution in [0.15, 0.2) is 0 Å². The maximum absolute atomic E-state index is 3.73. The van der Waals surface area contributed by atoms with Gasteiger partial charge in [-0.15, -0.1) is 11.8 Å². The molecule has 1 spiro atoms. The lowest BCUT2D eigenvalue weighted by Crippen LogP contribution is -2.40. The summed E-state index contributed by atoms with van der Waals surface area (Å²) >= 11 is 2.19. The van der Waals surface area contributed by atoms with E-state index in [-0.39, 0.29) is 0 Å². The van der Waals surface area contributed by atoms with E-state index < -0.39 is 0 Å². The molecule has 2 rings (SSSR count). The Labute approximate surface area is 86.0 Å². The molecule has 0 aromatic carbocycles. The standard InChI is InChI=1S/C11H21NS/c1-3-10-4-6-11(7-5-10)12-8-9(2)13-11/h9-10,12H,3-8H2,1-2H3. The van der Waals surface area contributed by atoms with Gasteiger partial charge < -0.3 is 5.32 Å². The maximum Gasteiger partial charge on any atom is 0.0648 e. The molecule has 1 atom stereocenters. The fraction of sp³-hybridized carbons (Fsp3) is 1.00. The second kappa shape index (κ2) is 3.82. The lowest BCUT2D eigenvalue weighted by atomic mass is 9.84. The van der Waals surface area contributed by atoms with Gasteiger partial charge in [0.2, 0.25) is 0 Å². The zero-order chi connectivity index (χ0) is 9.31. The first-order valence-corrected chi connectivity index (χ1v) is 6.55. The van der Waals surface area contributed by atoms with Crippen LogP contribution in [0.1, 0.15) is 46.0 Å². The molecule has 0 aromatic rings. The van der Waals surface area contributed by atoms with E-state index in [1.165, 1.54) is 38.6 Å². The lowest BCUT2D eigenvalue weighted by molar-refractivity contribution is 0.272. The van der Waals surface area contributed by atoms with Crippen molar-refractivity contribution in [3.8, 4) is 0 Å². The summed E-state index contributed by atoms with van der Waals surface area (Å²) in [4.78, 5) is 0.491. The van der Waals surface area contributed by atoms with Crippen molar-refractivity contribution in [2.75, 3.05) is 6.54 Å². The van der Waals surface area contributed by atoms with Crippen LogP contribution in [0.2, 0.25) is 0 Å². The Kier molecular flexibility index (Phi) is 2.89. The minimum Gasteiger partial charge on any atom is -0.302 e. The smallest absolute Gasteiger partial charge is 0.0648 e. The van der Waals surface area contributed by atoms with Crippen LogP contribution in [0.3, 0.4) is 0 Å². The zero-order valence-electron chi connectivity index (χ0n) is 8.81. The van der Waals surface area contributed by atoms with Gasteiger partial charge >= 0.3 is 0 Å². The minimum absolute atomic E-state index is 0.491. The number of hydrogen-bond acceptors (Lipinski definition) is 2. The van der Waals surface area contributed by atoms with Gasteiger partial charge in [0.05, 0.1) is 4.87 Å². The monoisotopic (exact) mass is 199 g/mol. The predicted molar refractivity (Wildman–Crippen MR) is 60.0 cm³/mol. The highest BCUT2D eigenvalue weighted by Crippen LogP contribution is 2.45. The summed E-state index contributed by atoms with van der Waals surface area (Å²) in [5, 5.41) is 4.56. The molecule has 1 nitrogen and oxygen atoms in total. The molecule has 1 unspecified atom stereocenters. The molecule has 13 heavy (non-hydrogen) atoms. The summed E-state index contributed by atoms with van der Waals surface area (Å²) in [6.07, 6.45) is 7.09. The maximum atomic E-state index is 3.73. The molecule has 2 fully saturated rings. The third-order valence-corrected chi connectivity index (χ3v) is 5.20. The topological polar surface area (TPSA) is 12.0 Å². The van der Waals surface area contributed by atoms with Gasteiger partial charge in [0.15, 0.2) is 0 Å². The number of nitrogens with one attached hydrogen (secondary N) is 1. The summed E-state index contributed by atoms with van der Waals surface area (Å²) < 4.78 is 0. The fourth-order valence-electron chi connectivity index (χ4n) is 2.64. The van der Waals surface area contributed by atoms with E-state index in [9.17, 15) is 0 Å². The number of rotatable bonds is 1. The van der Waals surface area contributed by atoms with Crippen LogP contribution in [-0.2, 0) is 0 Å². The van der Waals surface area contributed by atoms with E-state index in [0.29, 0.717) is 4.87 Å². The SMILES string of the molecule is CCC1CCC2(CC1)NCC(C)S2. The van der Waals surface area contributed by atoms with E-state index in [0.717, 1.165) is 11.2 Å². The summed E-state index contributed by atoms with van der Waals surface area (Å²) in [6, 6.07) is 0. The first kappa shape index (κ1) is 9.85. The molecule has 0 bridgehead atoms. The van der Waals surface area contributed by atoms with Crippen LogP contribution in [0.5, 0.6) is 0 Å². The van der Waals surface area contributed by atoms with Crippen LogP contribution >= 0.6 is 11.8 Å². The predicted octanol–water partition coefficient (Wildman–Crippen LogP) is 3.01. The van der Waals surface area contributed by atoms with Crippen LogP contribution in [0.4, 0.5) is 0 Å². The van der Waals surface area contributed by atoms with E-state index >= 15 is 0 Å². The van der Waals surface area contributed by atoms with E-state index in [4.69, 9.17) is 0 Å². The van der Waals surface area contributed by atoms with Crippen molar-refractivity contribution in [2.45, 2.75) is 56.1 Å². The Morgan fingerprint density at radius 2 is 2.08 bits per heavy atom. The fourth-order valence-corrected chi connectivity index (χ4v) is 4.22. The second-order valence-electron chi connectivity index (χ2n) is 4.66. The molecule has 1 saturated heterocycles. The molecule has 1 N–H and O–H groups in total. The van der Waals surface area contributed by atoms with Crippen molar-refractivity contribution in [3.63, 3.8) is 0 Å². The van der Waals surface area contributed by atoms with Gasteiger partial charge in [-0.25, -0.2) is 0 Å². The molecular weight excluding hydrogens is 178 g/mol. The van der Waals surface area contributed by atoms with Crippen molar-refractivity contribution >= 4 is 11.8 Å². The highest BCUT2D eigenvalue weighted by molar-refractivity contribution is 8.01. The summed E-state index contributed by atoms with van der Waals surface area (Å²) in [7, 11) is 0. The van der Waals surface area contributed by atoms with Gasteiger partial charge in [-0.1, -0.05) is 20.3 Å². The molecule has 2 heteroatoms. The highest BCUT2D eigenvalue weighted by Gasteiger charge is 2.40. The number of hydrogen-bond donors (Lipinski definition) is 1. The van der Waals surface area contributed by atoms with Gasteiger partial charge in [0.1, 0.15) is 0 Å². The summed E-state index contributed by atoms with van der Waals surface area (Å²) in [5.74, 6) is 1.02. The van der Waals surface area contributed by atoms with Gasteiger partial charge in [-0.3, -0.25) is 0 Å². The third kappa shape index (κ3) is 2.04. The molecule has 1 aliphatic heterocycles. The average molecular weight is 199 g/mol. The van der Waals surface area contributed by atoms with Crippen molar-refractivity contribution < 1.29 is 0 Å². The van der Waals surface area contributed by atoms with Crippen LogP contribution in [0.25, 0.3) is 0 Å². The van der Waals surface area contributed by atoms with Crippen molar-refractivity contribution in [2.24, 2.45) is 5.92 Å². The van der Waals surface area contributed by atoms with E-state index in [1.54, 1.807) is 0 Å². The molecule has 1 heterocycles. The minimum atomic E-state index is 0.491. The Morgan fingerprint density at radius 3 is 2.54 bits per heavy atom. The van der Waals surface area contributed by atoms with E-state index in [1.807, 2.05) is 0 Å². The van der Waals surface area contributed by atoms with Gasteiger partial charge in [-0.2, -0.15) is 0 Å². The average Bonchev–Trinajstić information content (AvgIpc) is 2.49. The third-order valence-electron chi connectivity index (χ3n) is 3.63. The Balaban J connectivity index is 1.90. The van der Waals surface area contributed by atoms with Crippen molar-refractivity contribution in [1.82, 2.24) is 5.32 Å². The molecule has 1 saturated carbocycles. The van der Waals surface area contributed by atoms with Crippen molar-refractivity contribution in [1.29, 1.82) is 0 Å². The lowest BCUT2D eigenvalue weighted by Gasteiger charge is -2.36. The number of thioether (sulfide) groups is 1. The molecule has 0 radical (unpaired) electrons. The van der Waals surface area contributed by atoms with Crippen LogP contribution in [0, 0.1) is 5.92 Å². The summed E-state index contributed by atoms with van der Waals surface area (Å²) in [6.45, 7) is 5.90. The van der Waals surface area contributed by atoms with Crippen LogP contribution in [-0.4, -0.2) is 16.7 Å². The molecule has 1 aliphatic carbocycles.